The maximum atomic E-state index is 10.2. The predicted molar refractivity (Wildman–Crippen MR) is 93.8 cm³/mol. The van der Waals surface area contributed by atoms with Crippen molar-refractivity contribution in [3.05, 3.63) is 48.6 Å². The van der Waals surface area contributed by atoms with Gasteiger partial charge in [0.1, 0.15) is 6.29 Å². The fraction of sp³-hybridized carbons (Fsp3) is 0.500. The summed E-state index contributed by atoms with van der Waals surface area (Å²) < 4.78 is 0. The second-order valence-corrected chi connectivity index (χ2v) is 5.31. The van der Waals surface area contributed by atoms with Crippen LogP contribution in [0.15, 0.2) is 48.6 Å². The minimum atomic E-state index is -0.974. The van der Waals surface area contributed by atoms with Crippen LogP contribution >= 0.6 is 0 Å². The molecule has 3 heteroatoms. The van der Waals surface area contributed by atoms with Crippen molar-refractivity contribution < 1.29 is 14.7 Å². The van der Waals surface area contributed by atoms with Gasteiger partial charge in [0.05, 0.1) is 0 Å². The average molecular weight is 317 g/mol. The first kappa shape index (κ1) is 21.1. The van der Waals surface area contributed by atoms with Crippen molar-refractivity contribution in [2.45, 2.75) is 64.2 Å². The monoisotopic (exact) mass is 317 g/mol. The summed E-state index contributed by atoms with van der Waals surface area (Å²) in [6, 6.07) is 0. The lowest BCUT2D eigenvalue weighted by atomic mass is 10.2. The molecule has 0 bridgehead atoms. The number of allylic oxidation sites excluding steroid dienone is 8. The van der Waals surface area contributed by atoms with Gasteiger partial charge in [0, 0.05) is 12.4 Å². The number of carboxylic acids is 1. The van der Waals surface area contributed by atoms with Crippen LogP contribution in [0, 0.1) is 0 Å². The van der Waals surface area contributed by atoms with Crippen molar-refractivity contribution in [3.8, 4) is 0 Å². The van der Waals surface area contributed by atoms with Crippen molar-refractivity contribution in [1.82, 2.24) is 0 Å². The van der Waals surface area contributed by atoms with Crippen LogP contribution in [0.5, 0.6) is 0 Å². The minimum Gasteiger partial charge on any atom is -0.550 e. The fourth-order valence-corrected chi connectivity index (χ4v) is 1.90. The number of unbranched alkanes of at least 4 members (excludes halogenated alkanes) is 4. The molecule has 0 aromatic carbocycles. The SMILES string of the molecule is O=CCCCC/C=C\C/C=C\C/C=C\C/C=C\CCCC(=O)[O-]. The smallest absolute Gasteiger partial charge is 0.119 e. The summed E-state index contributed by atoms with van der Waals surface area (Å²) in [6.45, 7) is 0. The van der Waals surface area contributed by atoms with E-state index in [1.165, 1.54) is 0 Å². The molecule has 0 fully saturated rings. The Morgan fingerprint density at radius 2 is 1.09 bits per heavy atom. The zero-order valence-corrected chi connectivity index (χ0v) is 14.0. The molecule has 23 heavy (non-hydrogen) atoms. The van der Waals surface area contributed by atoms with Gasteiger partial charge in [-0.1, -0.05) is 48.6 Å². The first-order chi connectivity index (χ1) is 11.3. The molecule has 0 rings (SSSR count). The Hall–Kier alpha value is -1.90. The van der Waals surface area contributed by atoms with Crippen molar-refractivity contribution in [1.29, 1.82) is 0 Å². The summed E-state index contributed by atoms with van der Waals surface area (Å²) in [4.78, 5) is 20.3. The first-order valence-electron chi connectivity index (χ1n) is 8.51. The molecule has 0 aliphatic carbocycles. The predicted octanol–water partition coefficient (Wildman–Crippen LogP) is 4.06. The third-order valence-electron chi connectivity index (χ3n) is 3.18. The standard InChI is InChI=1S/C20H30O3/c21-19-17-15-13-11-9-7-5-3-1-2-4-6-8-10-12-14-16-18-20(22)23/h1,3-4,6-7,9-10,12,19H,2,5,8,11,13-18H2,(H,22,23)/p-1/b3-1-,6-4-,9-7-,12-10-. The third-order valence-corrected chi connectivity index (χ3v) is 3.18. The summed E-state index contributed by atoms with van der Waals surface area (Å²) in [5.41, 5.74) is 0. The Balaban J connectivity index is 3.41. The van der Waals surface area contributed by atoms with Crippen LogP contribution in [-0.2, 0) is 9.59 Å². The van der Waals surface area contributed by atoms with E-state index >= 15 is 0 Å². The van der Waals surface area contributed by atoms with Crippen LogP contribution in [0.1, 0.15) is 64.2 Å². The molecule has 0 radical (unpaired) electrons. The lowest BCUT2D eigenvalue weighted by Gasteiger charge is -1.97. The van der Waals surface area contributed by atoms with E-state index in [2.05, 4.69) is 42.5 Å². The Kier molecular flexibility index (Phi) is 16.7. The van der Waals surface area contributed by atoms with E-state index in [0.29, 0.717) is 12.8 Å². The number of carbonyl (C=O) groups excluding carboxylic acids is 2. The molecule has 0 aromatic rings. The molecule has 3 nitrogen and oxygen atoms in total. The topological polar surface area (TPSA) is 57.2 Å². The average Bonchev–Trinajstić information content (AvgIpc) is 2.53. The number of hydrogen-bond donors (Lipinski definition) is 0. The summed E-state index contributed by atoms with van der Waals surface area (Å²) in [5.74, 6) is -0.974. The van der Waals surface area contributed by atoms with Gasteiger partial charge in [0.25, 0.3) is 0 Å². The largest absolute Gasteiger partial charge is 0.550 e. The normalized spacial score (nSPS) is 12.2. The number of rotatable bonds is 15. The van der Waals surface area contributed by atoms with Gasteiger partial charge in [-0.15, -0.1) is 0 Å². The molecule has 0 amide bonds. The van der Waals surface area contributed by atoms with Crippen molar-refractivity contribution in [2.75, 3.05) is 0 Å². The number of hydrogen-bond acceptors (Lipinski definition) is 3. The van der Waals surface area contributed by atoms with Crippen LogP contribution in [-0.4, -0.2) is 12.3 Å². The quantitative estimate of drug-likeness (QED) is 0.260. The van der Waals surface area contributed by atoms with Crippen LogP contribution in [0.25, 0.3) is 0 Å². The highest BCUT2D eigenvalue weighted by Gasteiger charge is 1.85. The summed E-state index contributed by atoms with van der Waals surface area (Å²) in [7, 11) is 0. The van der Waals surface area contributed by atoms with E-state index < -0.39 is 5.97 Å². The van der Waals surface area contributed by atoms with E-state index in [1.807, 2.05) is 6.08 Å². The maximum absolute atomic E-state index is 10.2. The molecule has 0 heterocycles. The first-order valence-corrected chi connectivity index (χ1v) is 8.51. The Bertz CT molecular complexity index is 403. The highest BCUT2D eigenvalue weighted by Crippen LogP contribution is 2.00. The summed E-state index contributed by atoms with van der Waals surface area (Å²) in [5, 5.41) is 10.2. The molecule has 0 aromatic heterocycles. The van der Waals surface area contributed by atoms with Crippen LogP contribution in [0.3, 0.4) is 0 Å². The van der Waals surface area contributed by atoms with Gasteiger partial charge in [-0.2, -0.15) is 0 Å². The number of carbonyl (C=O) groups is 2. The molecule has 0 unspecified atom stereocenters. The van der Waals surface area contributed by atoms with Gasteiger partial charge < -0.3 is 14.7 Å². The Morgan fingerprint density at radius 1 is 0.652 bits per heavy atom. The lowest BCUT2D eigenvalue weighted by Crippen LogP contribution is -2.21. The second kappa shape index (κ2) is 18.1. The maximum Gasteiger partial charge on any atom is 0.119 e. The van der Waals surface area contributed by atoms with Gasteiger partial charge in [-0.05, 0) is 57.8 Å². The molecule has 0 N–H and O–H groups in total. The molecule has 0 saturated carbocycles. The molecule has 128 valence electrons. The molecule has 0 spiro atoms. The zero-order valence-electron chi connectivity index (χ0n) is 14.0. The summed E-state index contributed by atoms with van der Waals surface area (Å²) in [6.07, 6.45) is 26.1. The lowest BCUT2D eigenvalue weighted by molar-refractivity contribution is -0.305. The molecule has 0 aliphatic rings. The molecular formula is C20H29O3-. The highest BCUT2D eigenvalue weighted by atomic mass is 16.4. The minimum absolute atomic E-state index is 0.137. The van der Waals surface area contributed by atoms with Crippen LogP contribution < -0.4 is 5.11 Å². The van der Waals surface area contributed by atoms with Gasteiger partial charge in [0.2, 0.25) is 0 Å². The molecule has 0 aliphatic heterocycles. The second-order valence-electron chi connectivity index (χ2n) is 5.31. The third kappa shape index (κ3) is 20.1. The molecule has 0 saturated heterocycles. The van der Waals surface area contributed by atoms with E-state index in [0.717, 1.165) is 51.2 Å². The van der Waals surface area contributed by atoms with Gasteiger partial charge in [-0.3, -0.25) is 0 Å². The number of aliphatic carboxylic acids is 1. The van der Waals surface area contributed by atoms with Gasteiger partial charge >= 0.3 is 0 Å². The van der Waals surface area contributed by atoms with Crippen LogP contribution in [0.4, 0.5) is 0 Å². The number of aldehydes is 1. The number of carboxylic acid groups (broad SMARTS) is 1. The van der Waals surface area contributed by atoms with Crippen LogP contribution in [0.2, 0.25) is 0 Å². The van der Waals surface area contributed by atoms with E-state index in [9.17, 15) is 14.7 Å². The highest BCUT2D eigenvalue weighted by molar-refractivity contribution is 5.64. The van der Waals surface area contributed by atoms with Gasteiger partial charge in [-0.25, -0.2) is 0 Å². The van der Waals surface area contributed by atoms with Crippen molar-refractivity contribution in [3.63, 3.8) is 0 Å². The van der Waals surface area contributed by atoms with E-state index in [-0.39, 0.29) is 6.42 Å². The van der Waals surface area contributed by atoms with Crippen molar-refractivity contribution >= 4 is 12.3 Å². The van der Waals surface area contributed by atoms with Gasteiger partial charge in [0.15, 0.2) is 0 Å². The van der Waals surface area contributed by atoms with E-state index in [4.69, 9.17) is 0 Å². The Labute approximate surface area is 140 Å². The van der Waals surface area contributed by atoms with E-state index in [1.54, 1.807) is 0 Å². The molecular weight excluding hydrogens is 288 g/mol. The van der Waals surface area contributed by atoms with Crippen molar-refractivity contribution in [2.24, 2.45) is 0 Å². The summed E-state index contributed by atoms with van der Waals surface area (Å²) >= 11 is 0. The molecule has 0 atom stereocenters. The zero-order chi connectivity index (χ0) is 17.0. The Morgan fingerprint density at radius 3 is 1.57 bits per heavy atom. The fourth-order valence-electron chi connectivity index (χ4n) is 1.90.